The Bertz CT molecular complexity index is 1870. The molecule has 7 nitrogen and oxygen atoms in total. The molecule has 0 atom stereocenters. The molecule has 55 heavy (non-hydrogen) atoms. The normalized spacial score (nSPS) is 11.6. The maximum absolute atomic E-state index is 14.6. The average molecular weight is 775 g/mol. The highest BCUT2D eigenvalue weighted by atomic mass is 31.2. The predicted octanol–water partition coefficient (Wildman–Crippen LogP) is 8.22. The molecule has 0 heterocycles. The summed E-state index contributed by atoms with van der Waals surface area (Å²) in [5.74, 6) is 1.41. The van der Waals surface area contributed by atoms with E-state index >= 15 is 0 Å². The molecule has 6 aromatic rings. The third kappa shape index (κ3) is 11.2. The first-order valence-electron chi connectivity index (χ1n) is 18.6. The molecular weight excluding hydrogens is 726 g/mol. The summed E-state index contributed by atoms with van der Waals surface area (Å²) in [6.07, 6.45) is 0.722. The first-order chi connectivity index (χ1) is 27.1. The molecule has 0 unspecified atom stereocenters. The highest BCUT2D eigenvalue weighted by Gasteiger charge is 2.30. The highest BCUT2D eigenvalue weighted by Crippen LogP contribution is 2.49. The SMILES string of the molecule is O=P(Cc1ccccc1OCCOCCOCCOCCOc1ccccc1CP(=O)(c1ccccc1)c1ccccc1)(c1ccccc1)c1ccccc1. The molecule has 0 amide bonds. The van der Waals surface area contributed by atoms with E-state index in [-0.39, 0.29) is 0 Å². The minimum Gasteiger partial charge on any atom is -0.491 e. The van der Waals surface area contributed by atoms with Crippen LogP contribution < -0.4 is 30.7 Å². The van der Waals surface area contributed by atoms with E-state index < -0.39 is 14.3 Å². The first kappa shape index (κ1) is 39.9. The Labute approximate surface area is 325 Å². The number of ether oxygens (including phenoxy) is 5. The van der Waals surface area contributed by atoms with Crippen molar-refractivity contribution in [2.24, 2.45) is 0 Å². The smallest absolute Gasteiger partial charge is 0.147 e. The molecule has 0 fully saturated rings. The van der Waals surface area contributed by atoms with Crippen LogP contribution in [0.25, 0.3) is 0 Å². The fraction of sp³-hybridized carbons (Fsp3) is 0.217. The quantitative estimate of drug-likeness (QED) is 0.0508. The Morgan fingerprint density at radius 3 is 0.873 bits per heavy atom. The van der Waals surface area contributed by atoms with E-state index in [2.05, 4.69) is 0 Å². The van der Waals surface area contributed by atoms with Gasteiger partial charge in [0.2, 0.25) is 0 Å². The van der Waals surface area contributed by atoms with Crippen molar-refractivity contribution in [3.05, 3.63) is 181 Å². The summed E-state index contributed by atoms with van der Waals surface area (Å²) < 4.78 is 58.6. The van der Waals surface area contributed by atoms with Crippen LogP contribution in [0.2, 0.25) is 0 Å². The van der Waals surface area contributed by atoms with Crippen molar-refractivity contribution < 1.29 is 32.8 Å². The molecule has 0 spiro atoms. The largest absolute Gasteiger partial charge is 0.491 e. The van der Waals surface area contributed by atoms with Crippen molar-refractivity contribution in [2.45, 2.75) is 12.3 Å². The molecule has 0 radical (unpaired) electrons. The van der Waals surface area contributed by atoms with Crippen LogP contribution in [0.5, 0.6) is 11.5 Å². The summed E-state index contributed by atoms with van der Waals surface area (Å²) in [5.41, 5.74) is 1.79. The molecule has 9 heteroatoms. The van der Waals surface area contributed by atoms with Gasteiger partial charge >= 0.3 is 0 Å². The van der Waals surface area contributed by atoms with Crippen molar-refractivity contribution in [1.82, 2.24) is 0 Å². The predicted molar refractivity (Wildman–Crippen MR) is 223 cm³/mol. The number of hydrogen-bond donors (Lipinski definition) is 0. The van der Waals surface area contributed by atoms with Gasteiger partial charge in [0, 0.05) is 44.7 Å². The molecule has 0 saturated heterocycles. The number of para-hydroxylation sites is 2. The lowest BCUT2D eigenvalue weighted by atomic mass is 10.2. The molecular formula is C46H48O7P2. The van der Waals surface area contributed by atoms with Crippen LogP contribution in [-0.2, 0) is 35.7 Å². The lowest BCUT2D eigenvalue weighted by Gasteiger charge is -2.21. The van der Waals surface area contributed by atoms with Crippen molar-refractivity contribution >= 4 is 35.5 Å². The standard InChI is InChI=1S/C46H48O7P2/c47-54(41-19-5-1-6-20-41,42-21-7-2-8-22-42)37-39-17-13-15-27-45(39)52-35-33-50-31-29-49-30-32-51-34-36-53-46-28-16-14-18-40(46)38-55(48,43-23-9-3-10-24-43)44-25-11-4-12-26-44/h1-28H,29-38H2. The molecule has 284 valence electrons. The second kappa shape index (κ2) is 20.8. The topological polar surface area (TPSA) is 80.3 Å². The van der Waals surface area contributed by atoms with Gasteiger partial charge in [0.25, 0.3) is 0 Å². The van der Waals surface area contributed by atoms with Gasteiger partial charge in [0.1, 0.15) is 39.0 Å². The third-order valence-corrected chi connectivity index (χ3v) is 15.2. The molecule has 6 rings (SSSR count). The Morgan fingerprint density at radius 1 is 0.309 bits per heavy atom. The van der Waals surface area contributed by atoms with E-state index in [0.29, 0.717) is 76.7 Å². The summed E-state index contributed by atoms with van der Waals surface area (Å²) >= 11 is 0. The summed E-state index contributed by atoms with van der Waals surface area (Å²) in [6.45, 7) is 3.24. The van der Waals surface area contributed by atoms with Crippen molar-refractivity contribution in [3.63, 3.8) is 0 Å². The average Bonchev–Trinajstić information content (AvgIpc) is 3.24. The van der Waals surface area contributed by atoms with E-state index in [9.17, 15) is 9.13 Å². The summed E-state index contributed by atoms with van der Waals surface area (Å²) in [7, 11) is -5.88. The zero-order valence-electron chi connectivity index (χ0n) is 31.0. The Kier molecular flexibility index (Phi) is 15.1. The summed E-state index contributed by atoms with van der Waals surface area (Å²) in [6, 6.07) is 54.3. The molecule has 0 N–H and O–H groups in total. The lowest BCUT2D eigenvalue weighted by Crippen LogP contribution is -2.18. The van der Waals surface area contributed by atoms with Crippen molar-refractivity contribution in [1.29, 1.82) is 0 Å². The maximum Gasteiger partial charge on any atom is 0.147 e. The van der Waals surface area contributed by atoms with Gasteiger partial charge in [-0.15, -0.1) is 0 Å². The van der Waals surface area contributed by atoms with Gasteiger partial charge in [-0.3, -0.25) is 0 Å². The first-order valence-corrected chi connectivity index (χ1v) is 22.4. The van der Waals surface area contributed by atoms with E-state index in [1.165, 1.54) is 0 Å². The van der Waals surface area contributed by atoms with Crippen molar-refractivity contribution in [3.8, 4) is 11.5 Å². The maximum atomic E-state index is 14.6. The van der Waals surface area contributed by atoms with E-state index in [4.69, 9.17) is 23.7 Å². The van der Waals surface area contributed by atoms with Crippen LogP contribution in [0.15, 0.2) is 170 Å². The lowest BCUT2D eigenvalue weighted by molar-refractivity contribution is 0.00493. The molecule has 0 aliphatic rings. The third-order valence-electron chi connectivity index (χ3n) is 9.14. The second-order valence-corrected chi connectivity index (χ2v) is 18.5. The van der Waals surface area contributed by atoms with Crippen LogP contribution in [0.3, 0.4) is 0 Å². The van der Waals surface area contributed by atoms with Gasteiger partial charge in [-0.1, -0.05) is 158 Å². The van der Waals surface area contributed by atoms with E-state index in [1.807, 2.05) is 170 Å². The fourth-order valence-corrected chi connectivity index (χ4v) is 11.8. The fourth-order valence-electron chi connectivity index (χ4n) is 6.33. The van der Waals surface area contributed by atoms with E-state index in [0.717, 1.165) is 32.3 Å². The van der Waals surface area contributed by atoms with Crippen LogP contribution in [0, 0.1) is 0 Å². The van der Waals surface area contributed by atoms with Crippen molar-refractivity contribution in [2.75, 3.05) is 52.9 Å². The van der Waals surface area contributed by atoms with Gasteiger partial charge in [0.15, 0.2) is 0 Å². The van der Waals surface area contributed by atoms with E-state index in [1.54, 1.807) is 0 Å². The number of rotatable bonds is 22. The molecule has 6 aromatic carbocycles. The molecule has 0 aromatic heterocycles. The Morgan fingerprint density at radius 2 is 0.564 bits per heavy atom. The minimum absolute atomic E-state index is 0.361. The number of hydrogen-bond acceptors (Lipinski definition) is 7. The minimum atomic E-state index is -2.94. The Balaban J connectivity index is 0.876. The van der Waals surface area contributed by atoms with Gasteiger partial charge < -0.3 is 32.8 Å². The molecule has 0 bridgehead atoms. The van der Waals surface area contributed by atoms with Gasteiger partial charge in [-0.2, -0.15) is 0 Å². The monoisotopic (exact) mass is 774 g/mol. The Hall–Kier alpha value is -4.74. The van der Waals surface area contributed by atoms with Gasteiger partial charge in [-0.25, -0.2) is 0 Å². The second-order valence-electron chi connectivity index (χ2n) is 12.9. The molecule has 0 aliphatic heterocycles. The zero-order valence-corrected chi connectivity index (χ0v) is 32.8. The van der Waals surface area contributed by atoms with Crippen LogP contribution >= 0.6 is 14.3 Å². The van der Waals surface area contributed by atoms with Gasteiger partial charge in [0.05, 0.1) is 39.6 Å². The van der Waals surface area contributed by atoms with Crippen LogP contribution in [-0.4, -0.2) is 52.9 Å². The summed E-state index contributed by atoms with van der Waals surface area (Å²) in [4.78, 5) is 0. The zero-order chi connectivity index (χ0) is 38.0. The highest BCUT2D eigenvalue weighted by molar-refractivity contribution is 7.78. The van der Waals surface area contributed by atoms with Gasteiger partial charge in [-0.05, 0) is 12.1 Å². The summed E-state index contributed by atoms with van der Waals surface area (Å²) in [5, 5.41) is 3.30. The van der Waals surface area contributed by atoms with Crippen LogP contribution in [0.1, 0.15) is 11.1 Å². The molecule has 0 aliphatic carbocycles. The number of benzene rings is 6. The molecule has 0 saturated carbocycles. The van der Waals surface area contributed by atoms with Crippen LogP contribution in [0.4, 0.5) is 0 Å².